The Morgan fingerprint density at radius 1 is 1.06 bits per heavy atom. The van der Waals surface area contributed by atoms with Gasteiger partial charge in [-0.05, 0) is 35.5 Å². The molecule has 0 radical (unpaired) electrons. The van der Waals surface area contributed by atoms with Crippen molar-refractivity contribution in [1.82, 2.24) is 0 Å². The first-order valence-corrected chi connectivity index (χ1v) is 4.74. The van der Waals surface area contributed by atoms with Crippen LogP contribution in [-0.2, 0) is 0 Å². The van der Waals surface area contributed by atoms with Gasteiger partial charge in [0.1, 0.15) is 11.5 Å². The minimum atomic E-state index is -0.411. The predicted molar refractivity (Wildman–Crippen MR) is 61.6 cm³/mol. The quantitative estimate of drug-likeness (QED) is 0.789. The van der Waals surface area contributed by atoms with Crippen molar-refractivity contribution < 1.29 is 4.39 Å². The van der Waals surface area contributed by atoms with E-state index < -0.39 is 5.82 Å². The second-order valence-electron chi connectivity index (χ2n) is 3.24. The first kappa shape index (κ1) is 10.3. The Bertz CT molecular complexity index is 500. The molecule has 16 heavy (non-hydrogen) atoms. The molecule has 2 aromatic carbocycles. The van der Waals surface area contributed by atoms with Gasteiger partial charge in [0.2, 0.25) is 0 Å². The van der Waals surface area contributed by atoms with Gasteiger partial charge in [0, 0.05) is 5.69 Å². The molecule has 0 heterocycles. The first-order valence-electron chi connectivity index (χ1n) is 4.74. The van der Waals surface area contributed by atoms with Crippen molar-refractivity contribution in [1.29, 1.82) is 0 Å². The van der Waals surface area contributed by atoms with Gasteiger partial charge in [-0.25, -0.2) is 4.39 Å². The summed E-state index contributed by atoms with van der Waals surface area (Å²) in [6, 6.07) is 13.0. The Hall–Kier alpha value is -2.23. The summed E-state index contributed by atoms with van der Waals surface area (Å²) < 4.78 is 13.0. The second-order valence-corrected chi connectivity index (χ2v) is 3.24. The standard InChI is InChI=1S/C12H9FN2O/c13-9-6-7-11(15-16)12(8-9)14-10-4-2-1-3-5-10/h1-8,14H. The molecule has 2 rings (SSSR count). The van der Waals surface area contributed by atoms with Crippen molar-refractivity contribution in [3.8, 4) is 0 Å². The monoisotopic (exact) mass is 216 g/mol. The molecular weight excluding hydrogens is 207 g/mol. The molecule has 0 saturated heterocycles. The van der Waals surface area contributed by atoms with Gasteiger partial charge in [0.15, 0.2) is 0 Å². The van der Waals surface area contributed by atoms with Crippen molar-refractivity contribution >= 4 is 17.1 Å². The number of anilines is 2. The van der Waals surface area contributed by atoms with Gasteiger partial charge in [0.05, 0.1) is 5.69 Å². The van der Waals surface area contributed by atoms with E-state index in [-0.39, 0.29) is 5.69 Å². The zero-order valence-electron chi connectivity index (χ0n) is 8.35. The molecular formula is C12H9FN2O. The molecule has 1 N–H and O–H groups in total. The first-order chi connectivity index (χ1) is 7.79. The highest BCUT2D eigenvalue weighted by molar-refractivity contribution is 5.71. The van der Waals surface area contributed by atoms with Crippen LogP contribution in [0, 0.1) is 10.7 Å². The van der Waals surface area contributed by atoms with E-state index in [2.05, 4.69) is 10.5 Å². The summed E-state index contributed by atoms with van der Waals surface area (Å²) >= 11 is 0. The predicted octanol–water partition coefficient (Wildman–Crippen LogP) is 3.97. The van der Waals surface area contributed by atoms with E-state index >= 15 is 0 Å². The lowest BCUT2D eigenvalue weighted by Crippen LogP contribution is -1.91. The summed E-state index contributed by atoms with van der Waals surface area (Å²) in [4.78, 5) is 10.5. The normalized spacial score (nSPS) is 9.81. The highest BCUT2D eigenvalue weighted by Crippen LogP contribution is 2.28. The Morgan fingerprint density at radius 2 is 1.81 bits per heavy atom. The van der Waals surface area contributed by atoms with E-state index in [4.69, 9.17) is 0 Å². The minimum absolute atomic E-state index is 0.185. The highest BCUT2D eigenvalue weighted by Gasteiger charge is 2.04. The van der Waals surface area contributed by atoms with Crippen LogP contribution in [0.25, 0.3) is 0 Å². The largest absolute Gasteiger partial charge is 0.354 e. The Morgan fingerprint density at radius 3 is 2.50 bits per heavy atom. The van der Waals surface area contributed by atoms with Crippen LogP contribution < -0.4 is 5.32 Å². The van der Waals surface area contributed by atoms with Gasteiger partial charge in [-0.1, -0.05) is 18.2 Å². The lowest BCUT2D eigenvalue weighted by Gasteiger charge is -2.07. The van der Waals surface area contributed by atoms with Gasteiger partial charge in [0.25, 0.3) is 0 Å². The number of halogens is 1. The Kier molecular flexibility index (Phi) is 2.91. The van der Waals surface area contributed by atoms with Gasteiger partial charge in [-0.15, -0.1) is 4.91 Å². The van der Waals surface area contributed by atoms with Crippen molar-refractivity contribution in [2.24, 2.45) is 5.18 Å². The van der Waals surface area contributed by atoms with Gasteiger partial charge in [-0.2, -0.15) is 0 Å². The third-order valence-corrected chi connectivity index (χ3v) is 2.11. The molecule has 0 saturated carbocycles. The molecule has 4 heteroatoms. The Balaban J connectivity index is 2.33. The number of nitroso groups, excluding NO2 is 1. The number of rotatable bonds is 3. The van der Waals surface area contributed by atoms with Crippen molar-refractivity contribution in [3.63, 3.8) is 0 Å². The van der Waals surface area contributed by atoms with E-state index in [1.54, 1.807) is 0 Å². The third kappa shape index (κ3) is 2.23. The fourth-order valence-corrected chi connectivity index (χ4v) is 1.36. The van der Waals surface area contributed by atoms with E-state index in [1.165, 1.54) is 18.2 Å². The molecule has 0 spiro atoms. The average Bonchev–Trinajstić information content (AvgIpc) is 2.31. The van der Waals surface area contributed by atoms with Crippen LogP contribution in [-0.4, -0.2) is 0 Å². The molecule has 80 valence electrons. The number of para-hydroxylation sites is 1. The lowest BCUT2D eigenvalue weighted by atomic mass is 10.2. The van der Waals surface area contributed by atoms with E-state index in [1.807, 2.05) is 30.3 Å². The Labute approximate surface area is 91.9 Å². The minimum Gasteiger partial charge on any atom is -0.354 e. The molecule has 0 aliphatic heterocycles. The van der Waals surface area contributed by atoms with Crippen LogP contribution in [0.15, 0.2) is 53.7 Å². The summed E-state index contributed by atoms with van der Waals surface area (Å²) in [6.45, 7) is 0. The maximum atomic E-state index is 13.0. The molecule has 0 amide bonds. The van der Waals surface area contributed by atoms with Crippen LogP contribution >= 0.6 is 0 Å². The molecule has 0 aliphatic rings. The van der Waals surface area contributed by atoms with Crippen LogP contribution in [0.5, 0.6) is 0 Å². The van der Waals surface area contributed by atoms with E-state index in [0.29, 0.717) is 5.69 Å². The molecule has 3 nitrogen and oxygen atoms in total. The number of hydrogen-bond donors (Lipinski definition) is 1. The molecule has 0 fully saturated rings. The van der Waals surface area contributed by atoms with E-state index in [9.17, 15) is 9.30 Å². The number of benzene rings is 2. The average molecular weight is 216 g/mol. The zero-order chi connectivity index (χ0) is 11.4. The molecule has 0 bridgehead atoms. The molecule has 0 unspecified atom stereocenters. The van der Waals surface area contributed by atoms with Crippen molar-refractivity contribution in [2.45, 2.75) is 0 Å². The van der Waals surface area contributed by atoms with Gasteiger partial charge in [-0.3, -0.25) is 0 Å². The molecule has 0 aromatic heterocycles. The number of hydrogen-bond acceptors (Lipinski definition) is 3. The topological polar surface area (TPSA) is 41.5 Å². The summed E-state index contributed by atoms with van der Waals surface area (Å²) in [5, 5.41) is 5.76. The van der Waals surface area contributed by atoms with Crippen LogP contribution in [0.2, 0.25) is 0 Å². The van der Waals surface area contributed by atoms with Crippen LogP contribution in [0.4, 0.5) is 21.5 Å². The SMILES string of the molecule is O=Nc1ccc(F)cc1Nc1ccccc1. The third-order valence-electron chi connectivity index (χ3n) is 2.11. The summed E-state index contributed by atoms with van der Waals surface area (Å²) in [6.07, 6.45) is 0. The summed E-state index contributed by atoms with van der Waals surface area (Å²) in [5.74, 6) is -0.411. The molecule has 0 atom stereocenters. The highest BCUT2D eigenvalue weighted by atomic mass is 19.1. The van der Waals surface area contributed by atoms with Crippen molar-refractivity contribution in [3.05, 3.63) is 59.3 Å². The maximum absolute atomic E-state index is 13.0. The summed E-state index contributed by atoms with van der Waals surface area (Å²) in [7, 11) is 0. The smallest absolute Gasteiger partial charge is 0.131 e. The second kappa shape index (κ2) is 4.53. The van der Waals surface area contributed by atoms with Crippen LogP contribution in [0.1, 0.15) is 0 Å². The lowest BCUT2D eigenvalue weighted by molar-refractivity contribution is 0.628. The van der Waals surface area contributed by atoms with Gasteiger partial charge < -0.3 is 5.32 Å². The van der Waals surface area contributed by atoms with Gasteiger partial charge >= 0.3 is 0 Å². The van der Waals surface area contributed by atoms with Crippen molar-refractivity contribution in [2.75, 3.05) is 5.32 Å². The number of nitrogens with one attached hydrogen (secondary N) is 1. The fraction of sp³-hybridized carbons (Fsp3) is 0. The summed E-state index contributed by atoms with van der Waals surface area (Å²) in [5.41, 5.74) is 1.32. The van der Waals surface area contributed by atoms with Crippen LogP contribution in [0.3, 0.4) is 0 Å². The number of nitrogens with zero attached hydrogens (tertiary/aromatic N) is 1. The fourth-order valence-electron chi connectivity index (χ4n) is 1.36. The maximum Gasteiger partial charge on any atom is 0.131 e. The zero-order valence-corrected chi connectivity index (χ0v) is 8.35. The molecule has 0 aliphatic carbocycles. The van der Waals surface area contributed by atoms with E-state index in [0.717, 1.165) is 5.69 Å². The molecule has 2 aromatic rings.